The molecule has 0 unspecified atom stereocenters. The van der Waals surface area contributed by atoms with Crippen molar-refractivity contribution in [2.75, 3.05) is 6.54 Å². The van der Waals surface area contributed by atoms with Crippen molar-refractivity contribution in [2.45, 2.75) is 43.6 Å². The molecule has 33 heavy (non-hydrogen) atoms. The summed E-state index contributed by atoms with van der Waals surface area (Å²) in [5.74, 6) is 1.75. The SMILES string of the molecule is Cc1occc1-c1nnc(S[C@@H](C)C(=O)NC[C@@H](C)c2ccccc2)n1Cc1ccccc1. The number of nitrogens with one attached hydrogen (secondary N) is 1. The maximum absolute atomic E-state index is 12.8. The Balaban J connectivity index is 1.49. The van der Waals surface area contributed by atoms with E-state index in [4.69, 9.17) is 4.42 Å². The Kier molecular flexibility index (Phi) is 7.29. The number of amides is 1. The van der Waals surface area contributed by atoms with Crippen molar-refractivity contribution in [3.8, 4) is 11.4 Å². The number of benzene rings is 2. The number of furan rings is 1. The summed E-state index contributed by atoms with van der Waals surface area (Å²) in [6.07, 6.45) is 1.66. The third-order valence-corrected chi connectivity index (χ3v) is 6.68. The van der Waals surface area contributed by atoms with Crippen molar-refractivity contribution < 1.29 is 9.21 Å². The predicted molar refractivity (Wildman–Crippen MR) is 131 cm³/mol. The number of hydrogen-bond donors (Lipinski definition) is 1. The van der Waals surface area contributed by atoms with E-state index in [0.29, 0.717) is 18.2 Å². The molecule has 7 heteroatoms. The second-order valence-corrected chi connectivity index (χ2v) is 9.39. The van der Waals surface area contributed by atoms with Crippen LogP contribution in [0.4, 0.5) is 0 Å². The van der Waals surface area contributed by atoms with E-state index in [0.717, 1.165) is 22.7 Å². The van der Waals surface area contributed by atoms with Gasteiger partial charge in [-0.1, -0.05) is 79.3 Å². The van der Waals surface area contributed by atoms with Crippen LogP contribution >= 0.6 is 11.8 Å². The first-order valence-electron chi connectivity index (χ1n) is 11.0. The smallest absolute Gasteiger partial charge is 0.233 e. The minimum absolute atomic E-state index is 0.0157. The molecule has 170 valence electrons. The number of aromatic nitrogens is 3. The topological polar surface area (TPSA) is 72.9 Å². The first kappa shape index (κ1) is 22.9. The van der Waals surface area contributed by atoms with Crippen LogP contribution in [0.1, 0.15) is 36.7 Å². The maximum atomic E-state index is 12.8. The van der Waals surface area contributed by atoms with E-state index in [1.807, 2.05) is 60.9 Å². The Bertz CT molecular complexity index is 1190. The molecule has 0 bridgehead atoms. The van der Waals surface area contributed by atoms with E-state index in [2.05, 4.69) is 46.7 Å². The van der Waals surface area contributed by atoms with Gasteiger partial charge >= 0.3 is 0 Å². The first-order valence-corrected chi connectivity index (χ1v) is 11.9. The van der Waals surface area contributed by atoms with Crippen LogP contribution < -0.4 is 5.32 Å². The number of hydrogen-bond acceptors (Lipinski definition) is 5. The minimum atomic E-state index is -0.315. The summed E-state index contributed by atoms with van der Waals surface area (Å²) < 4.78 is 7.54. The highest BCUT2D eigenvalue weighted by atomic mass is 32.2. The summed E-state index contributed by atoms with van der Waals surface area (Å²) >= 11 is 1.42. The Labute approximate surface area is 198 Å². The number of nitrogens with zero attached hydrogens (tertiary/aromatic N) is 3. The third-order valence-electron chi connectivity index (χ3n) is 5.60. The average Bonchev–Trinajstić information content (AvgIpc) is 3.44. The lowest BCUT2D eigenvalue weighted by molar-refractivity contribution is -0.120. The zero-order chi connectivity index (χ0) is 23.2. The highest BCUT2D eigenvalue weighted by Gasteiger charge is 2.22. The van der Waals surface area contributed by atoms with Crippen LogP contribution in [0.2, 0.25) is 0 Å². The summed E-state index contributed by atoms with van der Waals surface area (Å²) in [4.78, 5) is 12.8. The molecule has 4 rings (SSSR count). The van der Waals surface area contributed by atoms with Gasteiger partial charge in [-0.15, -0.1) is 10.2 Å². The van der Waals surface area contributed by atoms with Crippen LogP contribution in [0, 0.1) is 6.92 Å². The quantitative estimate of drug-likeness (QED) is 0.343. The van der Waals surface area contributed by atoms with E-state index < -0.39 is 0 Å². The fraction of sp³-hybridized carbons (Fsp3) is 0.269. The predicted octanol–water partition coefficient (Wildman–Crippen LogP) is 5.30. The van der Waals surface area contributed by atoms with Gasteiger partial charge in [0.25, 0.3) is 0 Å². The second-order valence-electron chi connectivity index (χ2n) is 8.09. The fourth-order valence-corrected chi connectivity index (χ4v) is 4.48. The standard InChI is InChI=1S/C26H28N4O2S/c1-18(22-12-8-5-9-13-22)16-27-25(31)20(3)33-26-29-28-24(23-14-15-32-19(23)2)30(26)17-21-10-6-4-7-11-21/h4-15,18,20H,16-17H2,1-3H3,(H,27,31)/t18-,20+/m1/s1. The van der Waals surface area contributed by atoms with Crippen LogP contribution in [0.25, 0.3) is 11.4 Å². The average molecular weight is 461 g/mol. The first-order chi connectivity index (χ1) is 16.0. The molecule has 0 saturated carbocycles. The summed E-state index contributed by atoms with van der Waals surface area (Å²) in [6.45, 7) is 7.12. The highest BCUT2D eigenvalue weighted by molar-refractivity contribution is 8.00. The van der Waals surface area contributed by atoms with Crippen molar-refractivity contribution in [2.24, 2.45) is 0 Å². The third kappa shape index (κ3) is 5.54. The Morgan fingerprint density at radius 3 is 2.39 bits per heavy atom. The van der Waals surface area contributed by atoms with Crippen LogP contribution in [0.15, 0.2) is 82.6 Å². The van der Waals surface area contributed by atoms with Crippen molar-refractivity contribution in [1.29, 1.82) is 0 Å². The maximum Gasteiger partial charge on any atom is 0.233 e. The van der Waals surface area contributed by atoms with Gasteiger partial charge in [0.15, 0.2) is 11.0 Å². The van der Waals surface area contributed by atoms with Crippen molar-refractivity contribution in [1.82, 2.24) is 20.1 Å². The van der Waals surface area contributed by atoms with Crippen LogP contribution in [-0.4, -0.2) is 32.5 Å². The highest BCUT2D eigenvalue weighted by Crippen LogP contribution is 2.30. The van der Waals surface area contributed by atoms with Gasteiger partial charge < -0.3 is 9.73 Å². The van der Waals surface area contributed by atoms with E-state index in [-0.39, 0.29) is 17.1 Å². The number of carbonyl (C=O) groups is 1. The summed E-state index contributed by atoms with van der Waals surface area (Å²) in [5, 5.41) is 12.3. The van der Waals surface area contributed by atoms with Crippen molar-refractivity contribution >= 4 is 17.7 Å². The molecule has 1 N–H and O–H groups in total. The molecule has 1 amide bonds. The van der Waals surface area contributed by atoms with Crippen LogP contribution in [0.5, 0.6) is 0 Å². The molecule has 0 aliphatic heterocycles. The lowest BCUT2D eigenvalue weighted by atomic mass is 10.0. The van der Waals surface area contributed by atoms with Crippen LogP contribution in [0.3, 0.4) is 0 Å². The molecule has 2 aromatic heterocycles. The molecule has 2 atom stereocenters. The van der Waals surface area contributed by atoms with Gasteiger partial charge in [0.1, 0.15) is 5.76 Å². The van der Waals surface area contributed by atoms with Crippen molar-refractivity contribution in [3.63, 3.8) is 0 Å². The molecule has 0 spiro atoms. The van der Waals surface area contributed by atoms with Gasteiger partial charge in [0, 0.05) is 6.54 Å². The van der Waals surface area contributed by atoms with Crippen LogP contribution in [-0.2, 0) is 11.3 Å². The summed E-state index contributed by atoms with van der Waals surface area (Å²) in [7, 11) is 0. The number of thioether (sulfide) groups is 1. The van der Waals surface area contributed by atoms with Gasteiger partial charge in [-0.2, -0.15) is 0 Å². The zero-order valence-corrected chi connectivity index (χ0v) is 19.9. The molecule has 2 heterocycles. The lowest BCUT2D eigenvalue weighted by Gasteiger charge is -2.16. The molecule has 0 radical (unpaired) electrons. The molecule has 2 aromatic carbocycles. The van der Waals surface area contributed by atoms with E-state index in [1.165, 1.54) is 17.3 Å². The minimum Gasteiger partial charge on any atom is -0.469 e. The Morgan fingerprint density at radius 1 is 1.03 bits per heavy atom. The fourth-order valence-electron chi connectivity index (χ4n) is 3.61. The van der Waals surface area contributed by atoms with E-state index in [9.17, 15) is 4.79 Å². The molecule has 0 fully saturated rings. The number of rotatable bonds is 9. The molecule has 6 nitrogen and oxygen atoms in total. The number of carbonyl (C=O) groups excluding carboxylic acids is 1. The van der Waals surface area contributed by atoms with E-state index >= 15 is 0 Å². The number of aryl methyl sites for hydroxylation is 1. The van der Waals surface area contributed by atoms with E-state index in [1.54, 1.807) is 6.26 Å². The second kappa shape index (κ2) is 10.5. The molecule has 4 aromatic rings. The zero-order valence-electron chi connectivity index (χ0n) is 19.1. The largest absolute Gasteiger partial charge is 0.469 e. The van der Waals surface area contributed by atoms with Crippen molar-refractivity contribution in [3.05, 3.63) is 89.9 Å². The monoisotopic (exact) mass is 460 g/mol. The Hall–Kier alpha value is -3.32. The van der Waals surface area contributed by atoms with Gasteiger partial charge in [0.05, 0.1) is 23.6 Å². The molecule has 0 aliphatic rings. The van der Waals surface area contributed by atoms with Gasteiger partial charge in [-0.3, -0.25) is 9.36 Å². The Morgan fingerprint density at radius 2 is 1.73 bits per heavy atom. The summed E-state index contributed by atoms with van der Waals surface area (Å²) in [6, 6.07) is 22.3. The summed E-state index contributed by atoms with van der Waals surface area (Å²) in [5.41, 5.74) is 3.25. The molecule has 0 saturated heterocycles. The van der Waals surface area contributed by atoms with Gasteiger partial charge in [-0.25, -0.2) is 0 Å². The van der Waals surface area contributed by atoms with Gasteiger partial charge in [0.2, 0.25) is 5.91 Å². The molecule has 0 aliphatic carbocycles. The lowest BCUT2D eigenvalue weighted by Crippen LogP contribution is -2.33. The van der Waals surface area contributed by atoms with Gasteiger partial charge in [-0.05, 0) is 37.0 Å². The normalized spacial score (nSPS) is 12.9. The molecular formula is C26H28N4O2S. The molecular weight excluding hydrogens is 432 g/mol.